The molecule has 2 rings (SSSR count). The summed E-state index contributed by atoms with van der Waals surface area (Å²) < 4.78 is 11.1. The Morgan fingerprint density at radius 1 is 1.21 bits per heavy atom. The number of allylic oxidation sites excluding steroid dienone is 1. The van der Waals surface area contributed by atoms with Crippen LogP contribution < -0.4 is 0 Å². The van der Waals surface area contributed by atoms with E-state index in [0.717, 1.165) is 25.9 Å². The molecule has 0 aromatic heterocycles. The molecular formula is C20H29NO3. The fourth-order valence-electron chi connectivity index (χ4n) is 2.67. The Balaban J connectivity index is 1.63. The monoisotopic (exact) mass is 331 g/mol. The fourth-order valence-corrected chi connectivity index (χ4v) is 2.67. The maximum absolute atomic E-state index is 12.0. The Hall–Kier alpha value is -1.81. The largest absolute Gasteiger partial charge is 0.444 e. The van der Waals surface area contributed by atoms with Gasteiger partial charge in [0.05, 0.1) is 13.2 Å². The van der Waals surface area contributed by atoms with Crippen molar-refractivity contribution >= 4 is 6.09 Å². The van der Waals surface area contributed by atoms with Crippen molar-refractivity contribution in [2.75, 3.05) is 19.7 Å². The zero-order valence-electron chi connectivity index (χ0n) is 15.0. The summed E-state index contributed by atoms with van der Waals surface area (Å²) in [4.78, 5) is 13.8. The number of likely N-dealkylation sites (tertiary alicyclic amines) is 1. The predicted molar refractivity (Wildman–Crippen MR) is 95.8 cm³/mol. The minimum Gasteiger partial charge on any atom is -0.444 e. The van der Waals surface area contributed by atoms with Crippen molar-refractivity contribution in [2.45, 2.75) is 45.8 Å². The molecule has 1 amide bonds. The molecule has 1 aromatic rings. The summed E-state index contributed by atoms with van der Waals surface area (Å²) >= 11 is 0. The van der Waals surface area contributed by atoms with Gasteiger partial charge in [-0.1, -0.05) is 42.5 Å². The second-order valence-corrected chi connectivity index (χ2v) is 7.23. The van der Waals surface area contributed by atoms with Gasteiger partial charge >= 0.3 is 6.09 Å². The van der Waals surface area contributed by atoms with E-state index < -0.39 is 5.60 Å². The Bertz CT molecular complexity index is 526. The first kappa shape index (κ1) is 18.5. The first-order valence-electron chi connectivity index (χ1n) is 8.70. The topological polar surface area (TPSA) is 38.8 Å². The predicted octanol–water partition coefficient (Wildman–Crippen LogP) is 4.41. The van der Waals surface area contributed by atoms with Crippen molar-refractivity contribution in [3.8, 4) is 0 Å². The lowest BCUT2D eigenvalue weighted by Crippen LogP contribution is -2.41. The molecule has 1 saturated heterocycles. The molecule has 0 bridgehead atoms. The van der Waals surface area contributed by atoms with Gasteiger partial charge in [-0.2, -0.15) is 0 Å². The number of nitrogens with zero attached hydrogens (tertiary/aromatic N) is 1. The third-order valence-electron chi connectivity index (χ3n) is 3.93. The van der Waals surface area contributed by atoms with Crippen LogP contribution in [0.25, 0.3) is 0 Å². The number of hydrogen-bond donors (Lipinski definition) is 0. The Morgan fingerprint density at radius 2 is 1.88 bits per heavy atom. The third kappa shape index (κ3) is 6.75. The highest BCUT2D eigenvalue weighted by Crippen LogP contribution is 2.20. The van der Waals surface area contributed by atoms with E-state index in [9.17, 15) is 4.79 Å². The molecule has 1 fully saturated rings. The molecule has 0 unspecified atom stereocenters. The maximum atomic E-state index is 12.0. The number of piperidine rings is 1. The number of ether oxygens (including phenoxy) is 2. The van der Waals surface area contributed by atoms with E-state index in [4.69, 9.17) is 9.47 Å². The Labute approximate surface area is 145 Å². The zero-order valence-corrected chi connectivity index (χ0v) is 15.0. The quantitative estimate of drug-likeness (QED) is 0.593. The number of carbonyl (C=O) groups excluding carboxylic acids is 1. The second kappa shape index (κ2) is 8.88. The van der Waals surface area contributed by atoms with Crippen LogP contribution in [0, 0.1) is 5.92 Å². The summed E-state index contributed by atoms with van der Waals surface area (Å²) in [6.07, 6.45) is 6.08. The van der Waals surface area contributed by atoms with Crippen molar-refractivity contribution in [3.63, 3.8) is 0 Å². The number of benzene rings is 1. The highest BCUT2D eigenvalue weighted by Gasteiger charge is 2.25. The minimum atomic E-state index is -0.427. The normalized spacial score (nSPS) is 16.5. The van der Waals surface area contributed by atoms with Crippen LogP contribution in [0.3, 0.4) is 0 Å². The van der Waals surface area contributed by atoms with Gasteiger partial charge in [0.2, 0.25) is 0 Å². The molecule has 0 aliphatic carbocycles. The molecule has 0 N–H and O–H groups in total. The van der Waals surface area contributed by atoms with Crippen molar-refractivity contribution in [2.24, 2.45) is 5.92 Å². The van der Waals surface area contributed by atoms with E-state index in [1.54, 1.807) is 0 Å². The van der Waals surface area contributed by atoms with Gasteiger partial charge < -0.3 is 14.4 Å². The lowest BCUT2D eigenvalue weighted by atomic mass is 9.97. The first-order valence-corrected chi connectivity index (χ1v) is 8.70. The standard InChI is InChI=1S/C20H29NO3/c1-20(2,3)24-19(22)21-13-11-17(12-14-21)10-7-15-23-16-18-8-5-4-6-9-18/h4-10,17H,11-16H2,1-3H3. The molecule has 1 aliphatic rings. The van der Waals surface area contributed by atoms with Gasteiger partial charge in [0.1, 0.15) is 5.60 Å². The minimum absolute atomic E-state index is 0.198. The highest BCUT2D eigenvalue weighted by molar-refractivity contribution is 5.68. The summed E-state index contributed by atoms with van der Waals surface area (Å²) in [6.45, 7) is 8.48. The first-order chi connectivity index (χ1) is 11.4. The number of hydrogen-bond acceptors (Lipinski definition) is 3. The van der Waals surface area contributed by atoms with Crippen molar-refractivity contribution in [3.05, 3.63) is 48.0 Å². The summed E-state index contributed by atoms with van der Waals surface area (Å²) in [5.41, 5.74) is 0.765. The van der Waals surface area contributed by atoms with Gasteiger partial charge in [-0.3, -0.25) is 0 Å². The molecule has 0 radical (unpaired) electrons. The second-order valence-electron chi connectivity index (χ2n) is 7.23. The summed E-state index contributed by atoms with van der Waals surface area (Å²) in [6, 6.07) is 10.2. The zero-order chi connectivity index (χ0) is 17.4. The lowest BCUT2D eigenvalue weighted by molar-refractivity contribution is 0.0197. The summed E-state index contributed by atoms with van der Waals surface area (Å²) in [5, 5.41) is 0. The molecule has 1 aromatic carbocycles. The van der Waals surface area contributed by atoms with Crippen LogP contribution in [0.4, 0.5) is 4.79 Å². The van der Waals surface area contributed by atoms with E-state index in [2.05, 4.69) is 24.3 Å². The van der Waals surface area contributed by atoms with Gasteiger partial charge in [0, 0.05) is 13.1 Å². The number of amides is 1. The van der Waals surface area contributed by atoms with Crippen LogP contribution in [0.5, 0.6) is 0 Å². The van der Waals surface area contributed by atoms with Crippen LogP contribution in [-0.2, 0) is 16.1 Å². The molecule has 1 heterocycles. The number of rotatable bonds is 5. The van der Waals surface area contributed by atoms with Gasteiger partial charge in [0.15, 0.2) is 0 Å². The van der Waals surface area contributed by atoms with E-state index in [1.807, 2.05) is 43.9 Å². The average molecular weight is 331 g/mol. The van der Waals surface area contributed by atoms with Crippen LogP contribution in [0.15, 0.2) is 42.5 Å². The molecular weight excluding hydrogens is 302 g/mol. The van der Waals surface area contributed by atoms with E-state index in [-0.39, 0.29) is 6.09 Å². The van der Waals surface area contributed by atoms with Gasteiger partial charge in [-0.15, -0.1) is 0 Å². The SMILES string of the molecule is CC(C)(C)OC(=O)N1CCC(C=CCOCc2ccccc2)CC1. The Morgan fingerprint density at radius 3 is 2.50 bits per heavy atom. The lowest BCUT2D eigenvalue weighted by Gasteiger charge is -2.32. The van der Waals surface area contributed by atoms with Gasteiger partial charge in [0.25, 0.3) is 0 Å². The molecule has 0 saturated carbocycles. The van der Waals surface area contributed by atoms with Crippen molar-refractivity contribution in [1.82, 2.24) is 4.90 Å². The van der Waals surface area contributed by atoms with Crippen molar-refractivity contribution in [1.29, 1.82) is 0 Å². The molecule has 1 aliphatic heterocycles. The molecule has 0 spiro atoms. The van der Waals surface area contributed by atoms with Crippen LogP contribution in [0.1, 0.15) is 39.2 Å². The highest BCUT2D eigenvalue weighted by atomic mass is 16.6. The molecule has 132 valence electrons. The number of carbonyl (C=O) groups is 1. The van der Waals surface area contributed by atoms with E-state index >= 15 is 0 Å². The van der Waals surface area contributed by atoms with Crippen LogP contribution in [0.2, 0.25) is 0 Å². The van der Waals surface area contributed by atoms with E-state index in [0.29, 0.717) is 19.1 Å². The maximum Gasteiger partial charge on any atom is 0.410 e. The molecule has 4 heteroatoms. The van der Waals surface area contributed by atoms with Crippen LogP contribution in [-0.4, -0.2) is 36.3 Å². The fraction of sp³-hybridized carbons (Fsp3) is 0.550. The smallest absolute Gasteiger partial charge is 0.410 e. The average Bonchev–Trinajstić information content (AvgIpc) is 2.54. The molecule has 4 nitrogen and oxygen atoms in total. The summed E-state index contributed by atoms with van der Waals surface area (Å²) in [7, 11) is 0. The van der Waals surface area contributed by atoms with Crippen LogP contribution >= 0.6 is 0 Å². The van der Waals surface area contributed by atoms with Crippen molar-refractivity contribution < 1.29 is 14.3 Å². The van der Waals surface area contributed by atoms with Gasteiger partial charge in [-0.25, -0.2) is 4.79 Å². The molecule has 0 atom stereocenters. The molecule has 24 heavy (non-hydrogen) atoms. The van der Waals surface area contributed by atoms with Gasteiger partial charge in [-0.05, 0) is 45.1 Å². The Kier molecular flexibility index (Phi) is 6.85. The van der Waals surface area contributed by atoms with E-state index in [1.165, 1.54) is 5.56 Å². The summed E-state index contributed by atoms with van der Waals surface area (Å²) in [5.74, 6) is 0.518. The third-order valence-corrected chi connectivity index (χ3v) is 3.93.